The fraction of sp³-hybridized carbons (Fsp3) is 0.917. The van der Waals surface area contributed by atoms with Crippen molar-refractivity contribution < 1.29 is 9.90 Å². The molecule has 2 atom stereocenters. The lowest BCUT2D eigenvalue weighted by Crippen LogP contribution is -2.44. The predicted molar refractivity (Wildman–Crippen MR) is 62.2 cm³/mol. The maximum Gasteiger partial charge on any atom is 0.317 e. The van der Waals surface area contributed by atoms with E-state index in [1.807, 2.05) is 4.90 Å². The molecule has 2 fully saturated rings. The lowest BCUT2D eigenvalue weighted by atomic mass is 10.1. The van der Waals surface area contributed by atoms with Crippen LogP contribution in [0.1, 0.15) is 38.5 Å². The van der Waals surface area contributed by atoms with Crippen LogP contribution in [0.15, 0.2) is 0 Å². The standard InChI is InChI=1S/C12H22N2O2/c15-11-5-4-10(8-11)9-13-12(16)14-6-2-1-3-7-14/h10-11,15H,1-9H2,(H,13,16). The third-order valence-electron chi connectivity index (χ3n) is 3.70. The van der Waals surface area contributed by atoms with Gasteiger partial charge in [-0.25, -0.2) is 4.79 Å². The molecule has 1 saturated carbocycles. The van der Waals surface area contributed by atoms with E-state index in [1.165, 1.54) is 6.42 Å². The van der Waals surface area contributed by atoms with Gasteiger partial charge < -0.3 is 15.3 Å². The summed E-state index contributed by atoms with van der Waals surface area (Å²) < 4.78 is 0. The minimum atomic E-state index is -0.142. The first-order valence-electron chi connectivity index (χ1n) is 6.46. The molecule has 2 rings (SSSR count). The van der Waals surface area contributed by atoms with E-state index in [4.69, 9.17) is 0 Å². The summed E-state index contributed by atoms with van der Waals surface area (Å²) >= 11 is 0. The number of hydrogen-bond acceptors (Lipinski definition) is 2. The Morgan fingerprint density at radius 2 is 2.00 bits per heavy atom. The highest BCUT2D eigenvalue weighted by atomic mass is 16.3. The van der Waals surface area contributed by atoms with Crippen molar-refractivity contribution in [3.05, 3.63) is 0 Å². The number of aliphatic hydroxyl groups excluding tert-OH is 1. The summed E-state index contributed by atoms with van der Waals surface area (Å²) in [7, 11) is 0. The second-order valence-corrected chi connectivity index (χ2v) is 5.07. The summed E-state index contributed by atoms with van der Waals surface area (Å²) in [6.07, 6.45) is 6.16. The number of carbonyl (C=O) groups excluding carboxylic acids is 1. The molecular formula is C12H22N2O2. The van der Waals surface area contributed by atoms with Crippen molar-refractivity contribution in [1.29, 1.82) is 0 Å². The Kier molecular flexibility index (Phi) is 4.04. The Bertz CT molecular complexity index is 239. The van der Waals surface area contributed by atoms with Gasteiger partial charge in [0.05, 0.1) is 6.10 Å². The van der Waals surface area contributed by atoms with Gasteiger partial charge in [-0.2, -0.15) is 0 Å². The van der Waals surface area contributed by atoms with Crippen molar-refractivity contribution >= 4 is 6.03 Å². The highest BCUT2D eigenvalue weighted by Crippen LogP contribution is 2.24. The summed E-state index contributed by atoms with van der Waals surface area (Å²) in [5, 5.41) is 12.4. The van der Waals surface area contributed by atoms with Gasteiger partial charge in [0.15, 0.2) is 0 Å². The number of aliphatic hydroxyl groups is 1. The van der Waals surface area contributed by atoms with E-state index in [-0.39, 0.29) is 12.1 Å². The number of likely N-dealkylation sites (tertiary alicyclic amines) is 1. The van der Waals surface area contributed by atoms with E-state index in [2.05, 4.69) is 5.32 Å². The first-order valence-corrected chi connectivity index (χ1v) is 6.46. The van der Waals surface area contributed by atoms with Crippen LogP contribution >= 0.6 is 0 Å². The number of carbonyl (C=O) groups is 1. The normalized spacial score (nSPS) is 30.4. The lowest BCUT2D eigenvalue weighted by Gasteiger charge is -2.27. The Labute approximate surface area is 97.0 Å². The van der Waals surface area contributed by atoms with Crippen LogP contribution in [0.3, 0.4) is 0 Å². The molecule has 0 aromatic heterocycles. The van der Waals surface area contributed by atoms with Crippen LogP contribution in [0.2, 0.25) is 0 Å². The molecule has 92 valence electrons. The average molecular weight is 226 g/mol. The van der Waals surface area contributed by atoms with Crippen LogP contribution in [-0.2, 0) is 0 Å². The summed E-state index contributed by atoms with van der Waals surface area (Å²) in [5.74, 6) is 0.476. The van der Waals surface area contributed by atoms with Gasteiger partial charge in [-0.15, -0.1) is 0 Å². The highest BCUT2D eigenvalue weighted by Gasteiger charge is 2.24. The van der Waals surface area contributed by atoms with Crippen LogP contribution in [0.4, 0.5) is 4.79 Å². The highest BCUT2D eigenvalue weighted by molar-refractivity contribution is 5.74. The molecule has 2 aliphatic rings. The molecule has 4 heteroatoms. The van der Waals surface area contributed by atoms with Crippen LogP contribution in [0.5, 0.6) is 0 Å². The molecule has 2 amide bonds. The van der Waals surface area contributed by atoms with E-state index >= 15 is 0 Å². The van der Waals surface area contributed by atoms with Gasteiger partial charge in [-0.1, -0.05) is 0 Å². The molecule has 1 aliphatic heterocycles. The number of rotatable bonds is 2. The second-order valence-electron chi connectivity index (χ2n) is 5.07. The zero-order valence-electron chi connectivity index (χ0n) is 9.82. The number of hydrogen-bond donors (Lipinski definition) is 2. The molecule has 0 spiro atoms. The molecule has 0 radical (unpaired) electrons. The molecule has 1 aliphatic carbocycles. The molecule has 0 aromatic rings. The maximum absolute atomic E-state index is 11.8. The summed E-state index contributed by atoms with van der Waals surface area (Å²) in [6, 6.07) is 0.0843. The van der Waals surface area contributed by atoms with Gasteiger partial charge in [0.25, 0.3) is 0 Å². The van der Waals surface area contributed by atoms with Gasteiger partial charge in [0, 0.05) is 19.6 Å². The fourth-order valence-electron chi connectivity index (χ4n) is 2.67. The van der Waals surface area contributed by atoms with Crippen LogP contribution in [-0.4, -0.2) is 41.8 Å². The molecule has 1 saturated heterocycles. The number of urea groups is 1. The molecule has 0 aromatic carbocycles. The Balaban J connectivity index is 1.66. The smallest absolute Gasteiger partial charge is 0.317 e. The summed E-state index contributed by atoms with van der Waals surface area (Å²) in [5.41, 5.74) is 0. The van der Waals surface area contributed by atoms with Crippen molar-refractivity contribution in [1.82, 2.24) is 10.2 Å². The minimum Gasteiger partial charge on any atom is -0.393 e. The number of nitrogens with zero attached hydrogens (tertiary/aromatic N) is 1. The zero-order chi connectivity index (χ0) is 11.4. The molecule has 2 unspecified atom stereocenters. The van der Waals surface area contributed by atoms with Gasteiger partial charge >= 0.3 is 6.03 Å². The Hall–Kier alpha value is -0.770. The van der Waals surface area contributed by atoms with Crippen molar-refractivity contribution in [2.75, 3.05) is 19.6 Å². The number of nitrogens with one attached hydrogen (secondary N) is 1. The monoisotopic (exact) mass is 226 g/mol. The van der Waals surface area contributed by atoms with E-state index < -0.39 is 0 Å². The summed E-state index contributed by atoms with van der Waals surface area (Å²) in [4.78, 5) is 13.7. The van der Waals surface area contributed by atoms with Gasteiger partial charge in [-0.3, -0.25) is 0 Å². The van der Waals surface area contributed by atoms with E-state index in [9.17, 15) is 9.90 Å². The number of amides is 2. The fourth-order valence-corrected chi connectivity index (χ4v) is 2.67. The SMILES string of the molecule is O=C(NCC1CCC(O)C1)N1CCCCC1. The van der Waals surface area contributed by atoms with Gasteiger partial charge in [0.2, 0.25) is 0 Å². The number of piperidine rings is 1. The van der Waals surface area contributed by atoms with Crippen molar-refractivity contribution in [3.8, 4) is 0 Å². The third kappa shape index (κ3) is 3.11. The van der Waals surface area contributed by atoms with Gasteiger partial charge in [0.1, 0.15) is 0 Å². The van der Waals surface area contributed by atoms with Crippen molar-refractivity contribution in [3.63, 3.8) is 0 Å². The van der Waals surface area contributed by atoms with E-state index in [0.29, 0.717) is 5.92 Å². The van der Waals surface area contributed by atoms with Crippen LogP contribution in [0.25, 0.3) is 0 Å². The predicted octanol–water partition coefficient (Wildman–Crippen LogP) is 1.34. The van der Waals surface area contributed by atoms with Crippen LogP contribution < -0.4 is 5.32 Å². The molecular weight excluding hydrogens is 204 g/mol. The average Bonchev–Trinajstić information content (AvgIpc) is 2.73. The molecule has 2 N–H and O–H groups in total. The quantitative estimate of drug-likeness (QED) is 0.746. The first kappa shape index (κ1) is 11.7. The van der Waals surface area contributed by atoms with E-state index in [0.717, 1.165) is 51.7 Å². The molecule has 0 bridgehead atoms. The van der Waals surface area contributed by atoms with Gasteiger partial charge in [-0.05, 0) is 44.4 Å². The van der Waals surface area contributed by atoms with Crippen molar-refractivity contribution in [2.45, 2.75) is 44.6 Å². The molecule has 1 heterocycles. The Morgan fingerprint density at radius 3 is 2.62 bits per heavy atom. The lowest BCUT2D eigenvalue weighted by molar-refractivity contribution is 0.173. The second kappa shape index (κ2) is 5.53. The zero-order valence-corrected chi connectivity index (χ0v) is 9.82. The molecule has 16 heavy (non-hydrogen) atoms. The van der Waals surface area contributed by atoms with Crippen LogP contribution in [0, 0.1) is 5.92 Å². The largest absolute Gasteiger partial charge is 0.393 e. The first-order chi connectivity index (χ1) is 7.75. The third-order valence-corrected chi connectivity index (χ3v) is 3.70. The summed E-state index contributed by atoms with van der Waals surface area (Å²) in [6.45, 7) is 2.53. The maximum atomic E-state index is 11.8. The topological polar surface area (TPSA) is 52.6 Å². The van der Waals surface area contributed by atoms with E-state index in [1.54, 1.807) is 0 Å². The van der Waals surface area contributed by atoms with Crippen molar-refractivity contribution in [2.24, 2.45) is 5.92 Å². The minimum absolute atomic E-state index is 0.0843. The molecule has 4 nitrogen and oxygen atoms in total. The Morgan fingerprint density at radius 1 is 1.25 bits per heavy atom.